The van der Waals surface area contributed by atoms with E-state index in [0.29, 0.717) is 10.7 Å². The van der Waals surface area contributed by atoms with Crippen LogP contribution in [-0.4, -0.2) is 24.1 Å². The minimum atomic E-state index is 0.318. The summed E-state index contributed by atoms with van der Waals surface area (Å²) in [6.45, 7) is 0.754. The van der Waals surface area contributed by atoms with E-state index < -0.39 is 0 Å². The van der Waals surface area contributed by atoms with Gasteiger partial charge in [0.15, 0.2) is 0 Å². The molecule has 1 aromatic heterocycles. The zero-order valence-corrected chi connectivity index (χ0v) is 12.4. The van der Waals surface area contributed by atoms with Gasteiger partial charge in [-0.05, 0) is 42.0 Å². The molecule has 0 saturated carbocycles. The molecule has 2 rings (SSSR count). The van der Waals surface area contributed by atoms with E-state index in [1.54, 1.807) is 13.3 Å². The van der Waals surface area contributed by atoms with Crippen LogP contribution < -0.4 is 15.4 Å². The SMILES string of the molecule is COc1ccc(N(C)Cc2ccnc(C(N)=S)c2)cc1. The van der Waals surface area contributed by atoms with E-state index in [1.165, 1.54) is 0 Å². The highest BCUT2D eigenvalue weighted by Crippen LogP contribution is 2.19. The molecule has 2 N–H and O–H groups in total. The standard InChI is InChI=1S/C15H17N3OS/c1-18(12-3-5-13(19-2)6-4-12)10-11-7-8-17-14(9-11)15(16)20/h3-9H,10H2,1-2H3,(H2,16,20). The number of nitrogens with two attached hydrogens (primary N) is 1. The average Bonchev–Trinajstić information content (AvgIpc) is 2.47. The van der Waals surface area contributed by atoms with E-state index in [-0.39, 0.29) is 0 Å². The Bertz CT molecular complexity index is 598. The summed E-state index contributed by atoms with van der Waals surface area (Å²) in [6, 6.07) is 11.8. The molecule has 4 nitrogen and oxygen atoms in total. The van der Waals surface area contributed by atoms with Crippen molar-refractivity contribution in [2.75, 3.05) is 19.1 Å². The van der Waals surface area contributed by atoms with Crippen molar-refractivity contribution in [2.24, 2.45) is 5.73 Å². The Morgan fingerprint density at radius 3 is 2.60 bits per heavy atom. The Hall–Kier alpha value is -2.14. The van der Waals surface area contributed by atoms with E-state index in [4.69, 9.17) is 22.7 Å². The fourth-order valence-electron chi connectivity index (χ4n) is 1.91. The summed E-state index contributed by atoms with van der Waals surface area (Å²) < 4.78 is 5.15. The van der Waals surface area contributed by atoms with Crippen LogP contribution in [0.1, 0.15) is 11.3 Å². The van der Waals surface area contributed by atoms with Crippen molar-refractivity contribution in [1.82, 2.24) is 4.98 Å². The molecule has 2 aromatic rings. The molecule has 0 saturated heterocycles. The lowest BCUT2D eigenvalue weighted by atomic mass is 10.2. The maximum absolute atomic E-state index is 5.60. The first-order valence-electron chi connectivity index (χ1n) is 6.20. The second-order valence-corrected chi connectivity index (χ2v) is 4.91. The van der Waals surface area contributed by atoms with Crippen LogP contribution in [0.3, 0.4) is 0 Å². The highest BCUT2D eigenvalue weighted by molar-refractivity contribution is 7.80. The number of pyridine rings is 1. The third-order valence-corrected chi connectivity index (χ3v) is 3.22. The molecular weight excluding hydrogens is 270 g/mol. The predicted octanol–water partition coefficient (Wildman–Crippen LogP) is 2.36. The summed E-state index contributed by atoms with van der Waals surface area (Å²) in [7, 11) is 3.69. The summed E-state index contributed by atoms with van der Waals surface area (Å²) >= 11 is 4.94. The lowest BCUT2D eigenvalue weighted by Gasteiger charge is -2.19. The van der Waals surface area contributed by atoms with Gasteiger partial charge in [0.25, 0.3) is 0 Å². The van der Waals surface area contributed by atoms with Gasteiger partial charge < -0.3 is 15.4 Å². The minimum absolute atomic E-state index is 0.318. The number of benzene rings is 1. The highest BCUT2D eigenvalue weighted by atomic mass is 32.1. The third-order valence-electron chi connectivity index (χ3n) is 3.01. The maximum Gasteiger partial charge on any atom is 0.122 e. The van der Waals surface area contributed by atoms with Gasteiger partial charge in [-0.25, -0.2) is 0 Å². The van der Waals surface area contributed by atoms with Gasteiger partial charge in [-0.2, -0.15) is 0 Å². The smallest absolute Gasteiger partial charge is 0.122 e. The number of anilines is 1. The highest BCUT2D eigenvalue weighted by Gasteiger charge is 2.05. The molecule has 0 bridgehead atoms. The molecule has 1 aromatic carbocycles. The summed E-state index contributed by atoms with van der Waals surface area (Å²) in [6.07, 6.45) is 1.73. The zero-order valence-electron chi connectivity index (χ0n) is 11.5. The van der Waals surface area contributed by atoms with Gasteiger partial charge in [-0.1, -0.05) is 12.2 Å². The molecule has 0 radical (unpaired) electrons. The molecule has 0 aliphatic rings. The number of hydrogen-bond donors (Lipinski definition) is 1. The van der Waals surface area contributed by atoms with Crippen LogP contribution in [0.2, 0.25) is 0 Å². The number of hydrogen-bond acceptors (Lipinski definition) is 4. The Kier molecular flexibility index (Phi) is 4.53. The number of aromatic nitrogens is 1. The molecule has 0 spiro atoms. The largest absolute Gasteiger partial charge is 0.497 e. The van der Waals surface area contributed by atoms with E-state index in [2.05, 4.69) is 9.88 Å². The van der Waals surface area contributed by atoms with Crippen LogP contribution in [0.25, 0.3) is 0 Å². The summed E-state index contributed by atoms with van der Waals surface area (Å²) in [5.74, 6) is 0.849. The molecule has 20 heavy (non-hydrogen) atoms. The molecular formula is C15H17N3OS. The van der Waals surface area contributed by atoms with Gasteiger partial charge in [-0.15, -0.1) is 0 Å². The average molecular weight is 287 g/mol. The van der Waals surface area contributed by atoms with Crippen LogP contribution in [0, 0.1) is 0 Å². The van der Waals surface area contributed by atoms with Crippen molar-refractivity contribution >= 4 is 22.9 Å². The van der Waals surface area contributed by atoms with Gasteiger partial charge in [0, 0.05) is 25.5 Å². The Balaban J connectivity index is 2.12. The molecule has 104 valence electrons. The monoisotopic (exact) mass is 287 g/mol. The predicted molar refractivity (Wildman–Crippen MR) is 85.2 cm³/mol. The van der Waals surface area contributed by atoms with Crippen molar-refractivity contribution < 1.29 is 4.74 Å². The normalized spacial score (nSPS) is 10.1. The molecule has 1 heterocycles. The van der Waals surface area contributed by atoms with Gasteiger partial charge in [0.1, 0.15) is 10.7 Å². The number of nitrogens with zero attached hydrogens (tertiary/aromatic N) is 2. The molecule has 0 unspecified atom stereocenters. The summed E-state index contributed by atoms with van der Waals surface area (Å²) in [4.78, 5) is 6.60. The van der Waals surface area contributed by atoms with E-state index >= 15 is 0 Å². The van der Waals surface area contributed by atoms with Crippen LogP contribution in [-0.2, 0) is 6.54 Å². The molecule has 0 atom stereocenters. The van der Waals surface area contributed by atoms with Crippen molar-refractivity contribution in [2.45, 2.75) is 6.54 Å². The number of rotatable bonds is 5. The molecule has 0 aliphatic heterocycles. The molecule has 0 fully saturated rings. The van der Waals surface area contributed by atoms with Gasteiger partial charge in [-0.3, -0.25) is 4.98 Å². The van der Waals surface area contributed by atoms with Crippen molar-refractivity contribution in [3.8, 4) is 5.75 Å². The zero-order chi connectivity index (χ0) is 14.5. The van der Waals surface area contributed by atoms with Crippen LogP contribution in [0.5, 0.6) is 5.75 Å². The van der Waals surface area contributed by atoms with Gasteiger partial charge in [0.2, 0.25) is 0 Å². The lowest BCUT2D eigenvalue weighted by molar-refractivity contribution is 0.415. The van der Waals surface area contributed by atoms with E-state index in [0.717, 1.165) is 23.5 Å². The second-order valence-electron chi connectivity index (χ2n) is 4.47. The van der Waals surface area contributed by atoms with Crippen LogP contribution >= 0.6 is 12.2 Å². The van der Waals surface area contributed by atoms with Crippen LogP contribution in [0.15, 0.2) is 42.6 Å². The van der Waals surface area contributed by atoms with Crippen molar-refractivity contribution in [3.63, 3.8) is 0 Å². The first-order valence-corrected chi connectivity index (χ1v) is 6.61. The quantitative estimate of drug-likeness (QED) is 0.856. The molecule has 5 heteroatoms. The first-order chi connectivity index (χ1) is 9.60. The van der Waals surface area contributed by atoms with E-state index in [1.807, 2.05) is 43.4 Å². The van der Waals surface area contributed by atoms with Gasteiger partial charge >= 0.3 is 0 Å². The lowest BCUT2D eigenvalue weighted by Crippen LogP contribution is -2.17. The fraction of sp³-hybridized carbons (Fsp3) is 0.200. The Morgan fingerprint density at radius 1 is 1.30 bits per heavy atom. The second kappa shape index (κ2) is 6.34. The molecule has 0 aliphatic carbocycles. The van der Waals surface area contributed by atoms with Crippen LogP contribution in [0.4, 0.5) is 5.69 Å². The topological polar surface area (TPSA) is 51.4 Å². The third kappa shape index (κ3) is 3.45. The van der Waals surface area contributed by atoms with Gasteiger partial charge in [0.05, 0.1) is 12.8 Å². The van der Waals surface area contributed by atoms with Crippen molar-refractivity contribution in [3.05, 3.63) is 53.9 Å². The van der Waals surface area contributed by atoms with Crippen molar-refractivity contribution in [1.29, 1.82) is 0 Å². The van der Waals surface area contributed by atoms with E-state index in [9.17, 15) is 0 Å². The number of methoxy groups -OCH3 is 1. The fourth-order valence-corrected chi connectivity index (χ4v) is 2.02. The maximum atomic E-state index is 5.60. The summed E-state index contributed by atoms with van der Waals surface area (Å²) in [5.41, 5.74) is 8.47. The first kappa shape index (κ1) is 14.3. The Labute approximate surface area is 124 Å². The Morgan fingerprint density at radius 2 is 2.00 bits per heavy atom. The number of thiocarbonyl (C=S) groups is 1. The minimum Gasteiger partial charge on any atom is -0.497 e. The summed E-state index contributed by atoms with van der Waals surface area (Å²) in [5, 5.41) is 0. The number of ether oxygens (including phenoxy) is 1. The molecule has 0 amide bonds.